The zero-order valence-electron chi connectivity index (χ0n) is 14.9. The Morgan fingerprint density at radius 3 is 2.88 bits per heavy atom. The van der Waals surface area contributed by atoms with Crippen LogP contribution in [0.4, 0.5) is 0 Å². The Labute approximate surface area is 152 Å². The first-order valence-corrected chi connectivity index (χ1v) is 8.81. The molecule has 26 heavy (non-hydrogen) atoms. The number of carbonyl (C=O) groups is 2. The highest BCUT2D eigenvalue weighted by atomic mass is 16.5. The number of Topliss-reactive ketones (excluding diaryl/α,β-unsaturated/α-hetero) is 1. The highest BCUT2D eigenvalue weighted by molar-refractivity contribution is 6.36. The summed E-state index contributed by atoms with van der Waals surface area (Å²) in [5.74, 6) is -0.284. The summed E-state index contributed by atoms with van der Waals surface area (Å²) >= 11 is 0. The molecule has 137 valence electrons. The Hall–Kier alpha value is -2.67. The van der Waals surface area contributed by atoms with Gasteiger partial charge in [0.15, 0.2) is 0 Å². The van der Waals surface area contributed by atoms with E-state index >= 15 is 0 Å². The first-order chi connectivity index (χ1) is 12.6. The van der Waals surface area contributed by atoms with Crippen LogP contribution in [0.5, 0.6) is 5.75 Å². The van der Waals surface area contributed by atoms with E-state index in [4.69, 9.17) is 4.74 Å². The maximum absolute atomic E-state index is 11.9. The van der Waals surface area contributed by atoms with Gasteiger partial charge in [0, 0.05) is 11.8 Å². The van der Waals surface area contributed by atoms with Gasteiger partial charge in [-0.2, -0.15) is 5.10 Å². The van der Waals surface area contributed by atoms with Gasteiger partial charge in [0.05, 0.1) is 18.8 Å². The van der Waals surface area contributed by atoms with Gasteiger partial charge < -0.3 is 10.1 Å². The summed E-state index contributed by atoms with van der Waals surface area (Å²) in [6.07, 6.45) is 4.02. The van der Waals surface area contributed by atoms with Crippen LogP contribution in [-0.4, -0.2) is 59.6 Å². The van der Waals surface area contributed by atoms with Crippen LogP contribution in [0.2, 0.25) is 0 Å². The summed E-state index contributed by atoms with van der Waals surface area (Å²) in [6, 6.07) is 8.54. The fourth-order valence-corrected chi connectivity index (χ4v) is 2.99. The van der Waals surface area contributed by atoms with Crippen molar-refractivity contribution in [3.63, 3.8) is 0 Å². The van der Waals surface area contributed by atoms with E-state index < -0.39 is 11.7 Å². The number of hydrogen-bond acceptors (Lipinski definition) is 5. The summed E-state index contributed by atoms with van der Waals surface area (Å²) in [5, 5.41) is 9.55. The van der Waals surface area contributed by atoms with Gasteiger partial charge in [0.25, 0.3) is 5.91 Å². The average Bonchev–Trinajstić information content (AvgIpc) is 3.30. The molecule has 1 aromatic carbocycles. The number of carbonyl (C=O) groups excluding carboxylic acids is 2. The van der Waals surface area contributed by atoms with Crippen molar-refractivity contribution in [3.05, 3.63) is 36.2 Å². The molecule has 0 unspecified atom stereocenters. The summed E-state index contributed by atoms with van der Waals surface area (Å²) in [4.78, 5) is 25.7. The molecule has 0 spiro atoms. The molecule has 1 radical (unpaired) electrons. The first-order valence-electron chi connectivity index (χ1n) is 8.81. The second-order valence-electron chi connectivity index (χ2n) is 6.35. The van der Waals surface area contributed by atoms with Crippen LogP contribution in [0.15, 0.2) is 24.4 Å². The Balaban J connectivity index is 1.43. The molecule has 1 saturated heterocycles. The number of ether oxygens (including phenoxy) is 1. The summed E-state index contributed by atoms with van der Waals surface area (Å²) in [6.45, 7) is 4.47. The molecule has 1 fully saturated rings. The van der Waals surface area contributed by atoms with Crippen molar-refractivity contribution in [1.29, 1.82) is 0 Å². The molecule has 1 aliphatic rings. The number of aromatic nitrogens is 2. The number of benzene rings is 1. The van der Waals surface area contributed by atoms with E-state index in [0.717, 1.165) is 42.8 Å². The van der Waals surface area contributed by atoms with E-state index in [0.29, 0.717) is 5.75 Å². The number of likely N-dealkylation sites (tertiary alicyclic amines) is 1. The van der Waals surface area contributed by atoms with Crippen molar-refractivity contribution in [2.75, 3.05) is 32.8 Å². The Morgan fingerprint density at radius 1 is 1.35 bits per heavy atom. The number of nitrogens with one attached hydrogen (secondary N) is 2. The lowest BCUT2D eigenvalue weighted by atomic mass is 10.1. The maximum Gasteiger partial charge on any atom is 0.288 e. The minimum Gasteiger partial charge on any atom is -0.492 e. The minimum absolute atomic E-state index is 0.202. The van der Waals surface area contributed by atoms with Gasteiger partial charge in [0.2, 0.25) is 5.78 Å². The third-order valence-corrected chi connectivity index (χ3v) is 4.38. The number of ketones is 1. The zero-order chi connectivity index (χ0) is 18.4. The first kappa shape index (κ1) is 18.1. The van der Waals surface area contributed by atoms with Gasteiger partial charge in [0.1, 0.15) is 12.4 Å². The fourth-order valence-electron chi connectivity index (χ4n) is 2.99. The number of H-pyrrole nitrogens is 1. The van der Waals surface area contributed by atoms with E-state index in [1.807, 2.05) is 30.2 Å². The van der Waals surface area contributed by atoms with E-state index in [9.17, 15) is 9.59 Å². The Morgan fingerprint density at radius 2 is 2.15 bits per heavy atom. The quantitative estimate of drug-likeness (QED) is 0.551. The normalized spacial score (nSPS) is 14.3. The molecule has 0 aliphatic carbocycles. The molecule has 0 bridgehead atoms. The Bertz CT molecular complexity index is 766. The van der Waals surface area contributed by atoms with Crippen molar-refractivity contribution < 1.29 is 14.3 Å². The number of aromatic amines is 1. The monoisotopic (exact) mass is 355 g/mol. The van der Waals surface area contributed by atoms with Gasteiger partial charge in [-0.05, 0) is 62.7 Å². The molecule has 0 saturated carbocycles. The van der Waals surface area contributed by atoms with Crippen LogP contribution in [0.25, 0.3) is 11.1 Å². The zero-order valence-corrected chi connectivity index (χ0v) is 14.9. The van der Waals surface area contributed by atoms with Crippen LogP contribution < -0.4 is 10.1 Å². The molecule has 2 aromatic rings. The summed E-state index contributed by atoms with van der Waals surface area (Å²) in [7, 11) is 0. The molecule has 2 N–H and O–H groups in total. The average molecular weight is 355 g/mol. The molecule has 1 aromatic heterocycles. The highest BCUT2D eigenvalue weighted by Gasteiger charge is 2.19. The van der Waals surface area contributed by atoms with Crippen LogP contribution >= 0.6 is 0 Å². The predicted octanol–water partition coefficient (Wildman–Crippen LogP) is 1.35. The smallest absolute Gasteiger partial charge is 0.288 e. The number of rotatable bonds is 8. The largest absolute Gasteiger partial charge is 0.492 e. The van der Waals surface area contributed by atoms with Crippen LogP contribution in [-0.2, 0) is 9.59 Å². The molecular formula is C19H23N4O3. The number of aryl methyl sites for hydroxylation is 1. The summed E-state index contributed by atoms with van der Waals surface area (Å²) in [5.41, 5.74) is 2.85. The van der Waals surface area contributed by atoms with E-state index in [1.54, 1.807) is 6.07 Å². The standard InChI is InChI=1S/C19H23N4O3/c1-14-17(12-21-22-14)15-5-4-6-16(11-15)26-10-7-20-19(25)18(24)13-23-8-2-3-9-23/h5-6,11-12H,2-3,7-10,13H2,1H3,(H,20,25)(H,21,22). The SMILES string of the molecule is Cc1n[nH]cc1-c1c[c]cc(OCCNC(=O)C(=O)CN2CCCC2)c1. The molecule has 0 atom stereocenters. The van der Waals surface area contributed by atoms with Crippen molar-refractivity contribution >= 4 is 11.7 Å². The lowest BCUT2D eigenvalue weighted by Crippen LogP contribution is -2.39. The van der Waals surface area contributed by atoms with Crippen molar-refractivity contribution in [2.45, 2.75) is 19.8 Å². The molecular weight excluding hydrogens is 332 g/mol. The van der Waals surface area contributed by atoms with Crippen molar-refractivity contribution in [2.24, 2.45) is 0 Å². The topological polar surface area (TPSA) is 87.3 Å². The van der Waals surface area contributed by atoms with Crippen LogP contribution in [0.3, 0.4) is 0 Å². The second-order valence-corrected chi connectivity index (χ2v) is 6.35. The lowest BCUT2D eigenvalue weighted by Gasteiger charge is -2.13. The molecule has 7 heteroatoms. The van der Waals surface area contributed by atoms with Gasteiger partial charge in [-0.3, -0.25) is 19.6 Å². The molecule has 7 nitrogen and oxygen atoms in total. The highest BCUT2D eigenvalue weighted by Crippen LogP contribution is 2.24. The number of nitrogens with zero attached hydrogens (tertiary/aromatic N) is 2. The molecule has 1 aliphatic heterocycles. The lowest BCUT2D eigenvalue weighted by molar-refractivity contribution is -0.138. The van der Waals surface area contributed by atoms with Crippen molar-refractivity contribution in [3.8, 4) is 16.9 Å². The predicted molar refractivity (Wildman–Crippen MR) is 96.8 cm³/mol. The number of hydrogen-bond donors (Lipinski definition) is 2. The van der Waals surface area contributed by atoms with Gasteiger partial charge in [-0.25, -0.2) is 0 Å². The van der Waals surface area contributed by atoms with E-state index in [1.165, 1.54) is 0 Å². The molecule has 1 amide bonds. The van der Waals surface area contributed by atoms with E-state index in [2.05, 4.69) is 21.6 Å². The fraction of sp³-hybridized carbons (Fsp3) is 0.421. The van der Waals surface area contributed by atoms with E-state index in [-0.39, 0.29) is 19.7 Å². The maximum atomic E-state index is 11.9. The van der Waals surface area contributed by atoms with Crippen molar-refractivity contribution in [1.82, 2.24) is 20.4 Å². The van der Waals surface area contributed by atoms with Gasteiger partial charge >= 0.3 is 0 Å². The van der Waals surface area contributed by atoms with Crippen LogP contribution in [0, 0.1) is 13.0 Å². The van der Waals surface area contributed by atoms with Gasteiger partial charge in [-0.15, -0.1) is 0 Å². The minimum atomic E-state index is -0.546. The van der Waals surface area contributed by atoms with Gasteiger partial charge in [-0.1, -0.05) is 0 Å². The third kappa shape index (κ3) is 4.70. The number of amides is 1. The third-order valence-electron chi connectivity index (χ3n) is 4.38. The molecule has 2 heterocycles. The summed E-state index contributed by atoms with van der Waals surface area (Å²) < 4.78 is 5.65. The Kier molecular flexibility index (Phi) is 6.01. The van der Waals surface area contributed by atoms with Crippen LogP contribution in [0.1, 0.15) is 18.5 Å². The second kappa shape index (κ2) is 8.62. The molecule has 3 rings (SSSR count).